The zero-order valence-corrected chi connectivity index (χ0v) is 16.7. The number of amides is 2. The average molecular weight is 392 g/mol. The monoisotopic (exact) mass is 391 g/mol. The van der Waals surface area contributed by atoms with Crippen molar-refractivity contribution < 1.29 is 23.9 Å². The van der Waals surface area contributed by atoms with Gasteiger partial charge < -0.3 is 25.8 Å². The molecule has 0 radical (unpaired) electrons. The van der Waals surface area contributed by atoms with E-state index in [1.54, 1.807) is 6.92 Å². The minimum Gasteiger partial charge on any atom is -0.379 e. The molecule has 0 aliphatic heterocycles. The normalized spacial score (nSPS) is 13.1. The first-order valence-corrected chi connectivity index (χ1v) is 9.67. The number of Topliss-reactive ketones (excluding diaryl/α,β-unsaturated/α-hetero) is 1. The van der Waals surface area contributed by atoms with Gasteiger partial charge in [-0.15, -0.1) is 0 Å². The van der Waals surface area contributed by atoms with Gasteiger partial charge in [0.2, 0.25) is 11.8 Å². The van der Waals surface area contributed by atoms with Crippen LogP contribution in [-0.4, -0.2) is 68.4 Å². The lowest BCUT2D eigenvalue weighted by Gasteiger charge is -2.15. The number of thiol groups is 1. The molecule has 4 N–H and O–H groups in total. The van der Waals surface area contributed by atoms with Crippen molar-refractivity contribution in [3.8, 4) is 0 Å². The van der Waals surface area contributed by atoms with Crippen molar-refractivity contribution >= 4 is 30.2 Å². The number of ether oxygens (including phenoxy) is 2. The molecule has 9 heteroatoms. The lowest BCUT2D eigenvalue weighted by molar-refractivity contribution is -0.128. The minimum absolute atomic E-state index is 0.0371. The summed E-state index contributed by atoms with van der Waals surface area (Å²) in [5.74, 6) is -0.170. The Morgan fingerprint density at radius 1 is 1.08 bits per heavy atom. The van der Waals surface area contributed by atoms with Crippen LogP contribution in [0.2, 0.25) is 0 Å². The minimum atomic E-state index is -0.711. The van der Waals surface area contributed by atoms with E-state index >= 15 is 0 Å². The van der Waals surface area contributed by atoms with Crippen LogP contribution in [-0.2, 0) is 23.9 Å². The molecule has 0 aromatic carbocycles. The molecule has 8 nitrogen and oxygen atoms in total. The van der Waals surface area contributed by atoms with Crippen LogP contribution in [0.5, 0.6) is 0 Å². The van der Waals surface area contributed by atoms with Gasteiger partial charge in [0, 0.05) is 31.7 Å². The van der Waals surface area contributed by atoms with Gasteiger partial charge >= 0.3 is 0 Å². The van der Waals surface area contributed by atoms with Crippen LogP contribution in [0.3, 0.4) is 0 Å². The second-order valence-electron chi connectivity index (χ2n) is 5.91. The predicted octanol–water partition coefficient (Wildman–Crippen LogP) is 0.0470. The molecule has 0 spiro atoms. The topological polar surface area (TPSA) is 120 Å². The fourth-order valence-electron chi connectivity index (χ4n) is 1.95. The third-order valence-electron chi connectivity index (χ3n) is 3.50. The van der Waals surface area contributed by atoms with E-state index in [-0.39, 0.29) is 23.4 Å². The summed E-state index contributed by atoms with van der Waals surface area (Å²) < 4.78 is 10.7. The Bertz CT molecular complexity index is 423. The number of hydrogen-bond acceptors (Lipinski definition) is 7. The fraction of sp³-hybridized carbons (Fsp3) is 0.824. The van der Waals surface area contributed by atoms with Gasteiger partial charge in [0.05, 0.1) is 31.9 Å². The highest BCUT2D eigenvalue weighted by molar-refractivity contribution is 7.80. The van der Waals surface area contributed by atoms with Crippen LogP contribution in [0.4, 0.5) is 0 Å². The summed E-state index contributed by atoms with van der Waals surface area (Å²) in [5, 5.41) is 5.33. The van der Waals surface area contributed by atoms with Crippen LogP contribution in [0.25, 0.3) is 0 Å². The molecule has 2 atom stereocenters. The van der Waals surface area contributed by atoms with Gasteiger partial charge in [0.25, 0.3) is 0 Å². The van der Waals surface area contributed by atoms with E-state index in [9.17, 15) is 14.4 Å². The van der Waals surface area contributed by atoms with Crippen molar-refractivity contribution in [2.24, 2.45) is 5.73 Å². The summed E-state index contributed by atoms with van der Waals surface area (Å²) in [4.78, 5) is 34.7. The molecule has 0 saturated heterocycles. The average Bonchev–Trinajstić information content (AvgIpc) is 2.62. The summed E-state index contributed by atoms with van der Waals surface area (Å²) >= 11 is 3.95. The lowest BCUT2D eigenvalue weighted by atomic mass is 10.1. The lowest BCUT2D eigenvalue weighted by Crippen LogP contribution is -2.47. The first kappa shape index (κ1) is 24.8. The van der Waals surface area contributed by atoms with Crippen LogP contribution in [0, 0.1) is 0 Å². The summed E-state index contributed by atoms with van der Waals surface area (Å²) in [7, 11) is 0. The van der Waals surface area contributed by atoms with Crippen molar-refractivity contribution in [2.45, 2.75) is 51.6 Å². The Morgan fingerprint density at radius 3 is 2.35 bits per heavy atom. The largest absolute Gasteiger partial charge is 0.379 e. The molecule has 0 aromatic rings. The van der Waals surface area contributed by atoms with Crippen molar-refractivity contribution in [2.75, 3.05) is 38.7 Å². The quantitative estimate of drug-likeness (QED) is 0.218. The highest BCUT2D eigenvalue weighted by Gasteiger charge is 2.18. The van der Waals surface area contributed by atoms with Crippen LogP contribution < -0.4 is 16.4 Å². The summed E-state index contributed by atoms with van der Waals surface area (Å²) in [6.07, 6.45) is 2.26. The van der Waals surface area contributed by atoms with Gasteiger partial charge in [-0.05, 0) is 19.8 Å². The molecule has 0 fully saturated rings. The number of hydrogen-bond donors (Lipinski definition) is 4. The number of rotatable bonds is 16. The number of ketones is 1. The number of carbonyl (C=O) groups excluding carboxylic acids is 3. The zero-order chi connectivity index (χ0) is 19.8. The second kappa shape index (κ2) is 16.0. The maximum Gasteiger partial charge on any atom is 0.238 e. The molecule has 0 bridgehead atoms. The summed E-state index contributed by atoms with van der Waals surface area (Å²) in [5.41, 5.74) is 5.54. The van der Waals surface area contributed by atoms with Crippen molar-refractivity contribution in [1.82, 2.24) is 10.6 Å². The highest BCUT2D eigenvalue weighted by atomic mass is 32.1. The molecule has 0 heterocycles. The van der Waals surface area contributed by atoms with Gasteiger partial charge in [-0.25, -0.2) is 0 Å². The van der Waals surface area contributed by atoms with E-state index in [2.05, 4.69) is 23.3 Å². The van der Waals surface area contributed by atoms with Crippen LogP contribution in [0.1, 0.15) is 39.5 Å². The first-order valence-electron chi connectivity index (χ1n) is 9.04. The van der Waals surface area contributed by atoms with Gasteiger partial charge in [-0.2, -0.15) is 12.6 Å². The van der Waals surface area contributed by atoms with E-state index in [4.69, 9.17) is 15.2 Å². The second-order valence-corrected chi connectivity index (χ2v) is 6.28. The van der Waals surface area contributed by atoms with E-state index in [1.807, 2.05) is 6.92 Å². The van der Waals surface area contributed by atoms with Gasteiger partial charge in [-0.3, -0.25) is 14.4 Å². The van der Waals surface area contributed by atoms with E-state index in [0.717, 1.165) is 6.42 Å². The van der Waals surface area contributed by atoms with Crippen molar-refractivity contribution in [1.29, 1.82) is 0 Å². The number of carbonyl (C=O) groups is 3. The third-order valence-corrected chi connectivity index (χ3v) is 3.90. The van der Waals surface area contributed by atoms with Gasteiger partial charge in [0.1, 0.15) is 0 Å². The van der Waals surface area contributed by atoms with E-state index in [1.165, 1.54) is 0 Å². The number of nitrogens with one attached hydrogen (secondary N) is 2. The highest BCUT2D eigenvalue weighted by Crippen LogP contribution is 1.98. The molecule has 26 heavy (non-hydrogen) atoms. The van der Waals surface area contributed by atoms with Gasteiger partial charge in [0.15, 0.2) is 5.78 Å². The Labute approximate surface area is 161 Å². The molecule has 152 valence electrons. The maximum atomic E-state index is 11.9. The Hall–Kier alpha value is -1.16. The summed E-state index contributed by atoms with van der Waals surface area (Å²) in [6.45, 7) is 5.85. The molecule has 0 unspecified atom stereocenters. The standard InChI is InChI=1S/C17H33N3O5S/c1-3-5-16(22)19-7-9-25-11-10-24-8-4-6-15(21)13(2)20-17(23)14(18)12-26/h13-14,26H,3-12,18H2,1-2H3,(H,19,22)(H,20,23)/t13-,14-/m0/s1. The fourth-order valence-corrected chi connectivity index (χ4v) is 2.11. The molecule has 0 rings (SSSR count). The smallest absolute Gasteiger partial charge is 0.238 e. The van der Waals surface area contributed by atoms with Crippen LogP contribution >= 0.6 is 12.6 Å². The zero-order valence-electron chi connectivity index (χ0n) is 15.8. The molecule has 0 saturated carbocycles. The van der Waals surface area contributed by atoms with E-state index < -0.39 is 12.1 Å². The summed E-state index contributed by atoms with van der Waals surface area (Å²) in [6, 6.07) is -1.28. The third kappa shape index (κ3) is 13.1. The Balaban J connectivity index is 3.53. The van der Waals surface area contributed by atoms with E-state index in [0.29, 0.717) is 52.2 Å². The first-order chi connectivity index (χ1) is 12.4. The maximum absolute atomic E-state index is 11.9. The molecule has 0 aliphatic rings. The number of nitrogens with two attached hydrogens (primary N) is 1. The SMILES string of the molecule is CCCC(=O)NCCOCCOCCCC(=O)[C@H](C)NC(=O)[C@@H](N)CS. The molecule has 0 aromatic heterocycles. The Morgan fingerprint density at radius 2 is 1.73 bits per heavy atom. The predicted molar refractivity (Wildman–Crippen MR) is 103 cm³/mol. The van der Waals surface area contributed by atoms with Crippen molar-refractivity contribution in [3.63, 3.8) is 0 Å². The van der Waals surface area contributed by atoms with Gasteiger partial charge in [-0.1, -0.05) is 6.92 Å². The Kier molecular flexibility index (Phi) is 15.3. The molecule has 2 amide bonds. The molecular weight excluding hydrogens is 358 g/mol. The van der Waals surface area contributed by atoms with Crippen molar-refractivity contribution in [3.05, 3.63) is 0 Å². The van der Waals surface area contributed by atoms with Crippen LogP contribution in [0.15, 0.2) is 0 Å². The molecular formula is C17H33N3O5S. The molecule has 0 aliphatic carbocycles.